The Labute approximate surface area is 139 Å². The lowest BCUT2D eigenvalue weighted by molar-refractivity contribution is 0.415. The molecule has 0 atom stereocenters. The molecular weight excluding hydrogens is 308 g/mol. The number of hydrogen-bond donors (Lipinski definition) is 2. The molecule has 3 aromatic rings. The van der Waals surface area contributed by atoms with Crippen molar-refractivity contribution >= 4 is 27.4 Å². The maximum absolute atomic E-state index is 5.54. The van der Waals surface area contributed by atoms with Gasteiger partial charge >= 0.3 is 0 Å². The number of nitrogens with zero attached hydrogens (tertiary/aromatic N) is 2. The van der Waals surface area contributed by atoms with Gasteiger partial charge in [-0.15, -0.1) is 11.3 Å². The van der Waals surface area contributed by atoms with Crippen LogP contribution in [0.15, 0.2) is 36.0 Å². The van der Waals surface area contributed by atoms with E-state index in [0.717, 1.165) is 58.8 Å². The molecule has 0 bridgehead atoms. The second kappa shape index (κ2) is 7.39. The minimum Gasteiger partial charge on any atom is -0.497 e. The number of anilines is 1. The first-order chi connectivity index (χ1) is 11.3. The highest BCUT2D eigenvalue weighted by Crippen LogP contribution is 2.36. The Bertz CT molecular complexity index is 770. The van der Waals surface area contributed by atoms with Crippen molar-refractivity contribution in [3.8, 4) is 16.9 Å². The minimum absolute atomic E-state index is 0.719. The number of nitrogens with two attached hydrogens (primary N) is 1. The van der Waals surface area contributed by atoms with Crippen LogP contribution >= 0.6 is 11.3 Å². The van der Waals surface area contributed by atoms with E-state index in [2.05, 4.69) is 32.8 Å². The van der Waals surface area contributed by atoms with E-state index in [1.54, 1.807) is 24.8 Å². The maximum Gasteiger partial charge on any atom is 0.138 e. The number of hydrogen-bond acceptors (Lipinski definition) is 6. The van der Waals surface area contributed by atoms with E-state index in [1.807, 2.05) is 12.1 Å². The number of fused-ring (bicyclic) bond motifs is 1. The molecule has 0 aliphatic rings. The van der Waals surface area contributed by atoms with Crippen LogP contribution in [0.4, 0.5) is 5.82 Å². The zero-order valence-corrected chi connectivity index (χ0v) is 13.9. The molecule has 0 aliphatic carbocycles. The number of ether oxygens (including phenoxy) is 1. The van der Waals surface area contributed by atoms with Crippen LogP contribution < -0.4 is 15.8 Å². The number of methoxy groups -OCH3 is 1. The second-order valence-electron chi connectivity index (χ2n) is 5.20. The molecule has 23 heavy (non-hydrogen) atoms. The summed E-state index contributed by atoms with van der Waals surface area (Å²) < 4.78 is 5.23. The summed E-state index contributed by atoms with van der Waals surface area (Å²) in [4.78, 5) is 9.81. The first-order valence-corrected chi connectivity index (χ1v) is 8.52. The largest absolute Gasteiger partial charge is 0.497 e. The van der Waals surface area contributed by atoms with Crippen molar-refractivity contribution in [2.75, 3.05) is 25.5 Å². The van der Waals surface area contributed by atoms with E-state index in [9.17, 15) is 0 Å². The Balaban J connectivity index is 1.93. The van der Waals surface area contributed by atoms with Gasteiger partial charge in [-0.2, -0.15) is 0 Å². The van der Waals surface area contributed by atoms with E-state index in [1.165, 1.54) is 0 Å². The van der Waals surface area contributed by atoms with Crippen LogP contribution in [0.1, 0.15) is 12.8 Å². The molecule has 1 aromatic carbocycles. The highest BCUT2D eigenvalue weighted by Gasteiger charge is 2.12. The lowest BCUT2D eigenvalue weighted by atomic mass is 10.1. The average Bonchev–Trinajstić information content (AvgIpc) is 3.04. The van der Waals surface area contributed by atoms with Crippen LogP contribution in [0.5, 0.6) is 5.75 Å². The van der Waals surface area contributed by atoms with Crippen LogP contribution in [-0.2, 0) is 0 Å². The number of thiophene rings is 1. The van der Waals surface area contributed by atoms with Crippen LogP contribution in [0.25, 0.3) is 21.3 Å². The molecule has 0 spiro atoms. The highest BCUT2D eigenvalue weighted by atomic mass is 32.1. The zero-order chi connectivity index (χ0) is 16.1. The van der Waals surface area contributed by atoms with Crippen molar-refractivity contribution in [2.45, 2.75) is 12.8 Å². The summed E-state index contributed by atoms with van der Waals surface area (Å²) in [7, 11) is 1.67. The van der Waals surface area contributed by atoms with Gasteiger partial charge in [0.2, 0.25) is 0 Å². The third-order valence-electron chi connectivity index (χ3n) is 3.69. The first-order valence-electron chi connectivity index (χ1n) is 7.64. The molecule has 2 heterocycles. The molecule has 2 aromatic heterocycles. The molecule has 0 aliphatic heterocycles. The minimum atomic E-state index is 0.719. The molecule has 3 N–H and O–H groups in total. The highest BCUT2D eigenvalue weighted by molar-refractivity contribution is 7.17. The predicted octanol–water partition coefficient (Wildman–Crippen LogP) is 3.52. The fraction of sp³-hybridized carbons (Fsp3) is 0.294. The molecule has 6 heteroatoms. The third kappa shape index (κ3) is 3.43. The maximum atomic E-state index is 5.54. The predicted molar refractivity (Wildman–Crippen MR) is 96.2 cm³/mol. The SMILES string of the molecule is COc1ccc(-c2csc3ncnc(NCCCCN)c23)cc1. The molecule has 0 amide bonds. The number of unbranched alkanes of at least 4 members (excludes halogenated alkanes) is 1. The number of aromatic nitrogens is 2. The quantitative estimate of drug-likeness (QED) is 0.649. The fourth-order valence-electron chi connectivity index (χ4n) is 2.47. The van der Waals surface area contributed by atoms with Gasteiger partial charge in [-0.1, -0.05) is 12.1 Å². The topological polar surface area (TPSA) is 73.1 Å². The van der Waals surface area contributed by atoms with Gasteiger partial charge in [0.05, 0.1) is 12.5 Å². The molecule has 120 valence electrons. The monoisotopic (exact) mass is 328 g/mol. The van der Waals surface area contributed by atoms with Gasteiger partial charge in [0.25, 0.3) is 0 Å². The summed E-state index contributed by atoms with van der Waals surface area (Å²) in [6.45, 7) is 1.58. The summed E-state index contributed by atoms with van der Waals surface area (Å²) in [5.41, 5.74) is 7.83. The van der Waals surface area contributed by atoms with Crippen LogP contribution in [-0.4, -0.2) is 30.2 Å². The Morgan fingerprint density at radius 2 is 2.00 bits per heavy atom. The van der Waals surface area contributed by atoms with Crippen molar-refractivity contribution in [3.05, 3.63) is 36.0 Å². The van der Waals surface area contributed by atoms with Crippen molar-refractivity contribution in [1.82, 2.24) is 9.97 Å². The summed E-state index contributed by atoms with van der Waals surface area (Å²) >= 11 is 1.63. The summed E-state index contributed by atoms with van der Waals surface area (Å²) in [6.07, 6.45) is 3.65. The summed E-state index contributed by atoms with van der Waals surface area (Å²) in [5, 5.41) is 6.63. The van der Waals surface area contributed by atoms with Gasteiger partial charge in [0.15, 0.2) is 0 Å². The van der Waals surface area contributed by atoms with Crippen LogP contribution in [0, 0.1) is 0 Å². The van der Waals surface area contributed by atoms with Crippen molar-refractivity contribution < 1.29 is 4.74 Å². The lowest BCUT2D eigenvalue weighted by Gasteiger charge is -2.08. The molecule has 0 radical (unpaired) electrons. The lowest BCUT2D eigenvalue weighted by Crippen LogP contribution is -2.07. The summed E-state index contributed by atoms with van der Waals surface area (Å²) in [5.74, 6) is 1.74. The first kappa shape index (κ1) is 15.7. The third-order valence-corrected chi connectivity index (χ3v) is 4.58. The Kier molecular flexibility index (Phi) is 5.05. The molecular formula is C17H20N4OS. The van der Waals surface area contributed by atoms with Gasteiger partial charge in [-0.25, -0.2) is 9.97 Å². The Hall–Kier alpha value is -2.18. The summed E-state index contributed by atoms with van der Waals surface area (Å²) in [6, 6.07) is 8.06. The number of rotatable bonds is 7. The zero-order valence-electron chi connectivity index (χ0n) is 13.1. The molecule has 0 unspecified atom stereocenters. The van der Waals surface area contributed by atoms with Crippen molar-refractivity contribution in [1.29, 1.82) is 0 Å². The smallest absolute Gasteiger partial charge is 0.138 e. The second-order valence-corrected chi connectivity index (χ2v) is 6.06. The fourth-order valence-corrected chi connectivity index (χ4v) is 3.38. The van der Waals surface area contributed by atoms with E-state index < -0.39 is 0 Å². The van der Waals surface area contributed by atoms with E-state index >= 15 is 0 Å². The number of benzene rings is 1. The van der Waals surface area contributed by atoms with E-state index in [4.69, 9.17) is 10.5 Å². The van der Waals surface area contributed by atoms with E-state index in [-0.39, 0.29) is 0 Å². The normalized spacial score (nSPS) is 10.9. The average molecular weight is 328 g/mol. The standard InChI is InChI=1S/C17H20N4OS/c1-22-13-6-4-12(5-7-13)14-10-23-17-15(14)16(20-11-21-17)19-9-3-2-8-18/h4-7,10-11H,2-3,8-9,18H2,1H3,(H,19,20,21). The molecule has 3 rings (SSSR count). The Morgan fingerprint density at radius 1 is 1.17 bits per heavy atom. The van der Waals surface area contributed by atoms with Crippen LogP contribution in [0.2, 0.25) is 0 Å². The van der Waals surface area contributed by atoms with Gasteiger partial charge in [0.1, 0.15) is 22.7 Å². The Morgan fingerprint density at radius 3 is 2.74 bits per heavy atom. The van der Waals surface area contributed by atoms with Gasteiger partial charge in [-0.05, 0) is 37.1 Å². The molecule has 0 saturated heterocycles. The number of nitrogens with one attached hydrogen (secondary N) is 1. The van der Waals surface area contributed by atoms with Gasteiger partial charge in [-0.3, -0.25) is 0 Å². The van der Waals surface area contributed by atoms with Crippen molar-refractivity contribution in [2.24, 2.45) is 5.73 Å². The van der Waals surface area contributed by atoms with Gasteiger partial charge in [0, 0.05) is 17.5 Å². The van der Waals surface area contributed by atoms with Crippen molar-refractivity contribution in [3.63, 3.8) is 0 Å². The van der Waals surface area contributed by atoms with Gasteiger partial charge < -0.3 is 15.8 Å². The molecule has 0 saturated carbocycles. The van der Waals surface area contributed by atoms with Crippen LogP contribution in [0.3, 0.4) is 0 Å². The molecule has 5 nitrogen and oxygen atoms in total. The molecule has 0 fully saturated rings. The van der Waals surface area contributed by atoms with E-state index in [0.29, 0.717) is 0 Å².